The topological polar surface area (TPSA) is 49.6 Å². The van der Waals surface area contributed by atoms with E-state index in [1.807, 2.05) is 0 Å². The molecule has 1 saturated heterocycles. The van der Waals surface area contributed by atoms with Crippen molar-refractivity contribution in [3.8, 4) is 0 Å². The number of carbonyl (C=O) groups is 1. The van der Waals surface area contributed by atoms with E-state index >= 15 is 0 Å². The summed E-state index contributed by atoms with van der Waals surface area (Å²) in [7, 11) is 0. The lowest BCUT2D eigenvalue weighted by Crippen LogP contribution is -2.53. The lowest BCUT2D eigenvalue weighted by molar-refractivity contribution is -0.144. The van der Waals surface area contributed by atoms with Gasteiger partial charge in [0.1, 0.15) is 0 Å². The van der Waals surface area contributed by atoms with Gasteiger partial charge in [0.15, 0.2) is 0 Å². The van der Waals surface area contributed by atoms with Crippen LogP contribution in [0.5, 0.6) is 0 Å². The molecule has 122 valence electrons. The van der Waals surface area contributed by atoms with Gasteiger partial charge in [-0.2, -0.15) is 0 Å². The van der Waals surface area contributed by atoms with Gasteiger partial charge in [0, 0.05) is 31.6 Å². The minimum absolute atomic E-state index is 0.0679. The number of carbonyl (C=O) groups excluding carboxylic acids is 1. The molecule has 0 aromatic carbocycles. The monoisotopic (exact) mass is 295 g/mol. The van der Waals surface area contributed by atoms with Crippen LogP contribution in [0, 0.1) is 5.41 Å². The number of piperazine rings is 1. The number of unbranched alkanes of at least 4 members (excludes halogenated alkanes) is 2. The summed E-state index contributed by atoms with van der Waals surface area (Å²) in [5, 5.41) is 0. The summed E-state index contributed by atoms with van der Waals surface area (Å²) in [6, 6.07) is 0. The van der Waals surface area contributed by atoms with Gasteiger partial charge in [-0.3, -0.25) is 9.69 Å². The molecule has 1 aliphatic heterocycles. The number of nitrogens with zero attached hydrogens (tertiary/aromatic N) is 2. The Kier molecular flexibility index (Phi) is 6.49. The van der Waals surface area contributed by atoms with Crippen molar-refractivity contribution in [2.75, 3.05) is 39.3 Å². The van der Waals surface area contributed by atoms with Gasteiger partial charge < -0.3 is 10.6 Å². The summed E-state index contributed by atoms with van der Waals surface area (Å²) >= 11 is 0. The maximum atomic E-state index is 12.8. The molecule has 0 bridgehead atoms. The second kappa shape index (κ2) is 8.14. The Morgan fingerprint density at radius 3 is 2.29 bits per heavy atom. The van der Waals surface area contributed by atoms with E-state index in [-0.39, 0.29) is 5.41 Å². The molecule has 4 nitrogen and oxygen atoms in total. The van der Waals surface area contributed by atoms with Crippen LogP contribution >= 0.6 is 0 Å². The van der Waals surface area contributed by atoms with Crippen LogP contribution in [0.3, 0.4) is 0 Å². The van der Waals surface area contributed by atoms with E-state index in [1.54, 1.807) is 0 Å². The van der Waals surface area contributed by atoms with Crippen molar-refractivity contribution in [1.82, 2.24) is 9.80 Å². The highest BCUT2D eigenvalue weighted by molar-refractivity contribution is 5.82. The minimum atomic E-state index is -0.0679. The summed E-state index contributed by atoms with van der Waals surface area (Å²) in [6.45, 7) is 8.10. The molecule has 2 N–H and O–H groups in total. The van der Waals surface area contributed by atoms with Crippen molar-refractivity contribution in [1.29, 1.82) is 0 Å². The van der Waals surface area contributed by atoms with E-state index in [0.29, 0.717) is 5.91 Å². The van der Waals surface area contributed by atoms with Gasteiger partial charge in [-0.15, -0.1) is 0 Å². The maximum absolute atomic E-state index is 12.8. The fourth-order valence-corrected chi connectivity index (χ4v) is 3.76. The molecular weight excluding hydrogens is 262 g/mol. The zero-order valence-electron chi connectivity index (χ0n) is 13.8. The Bertz CT molecular complexity index is 318. The second-order valence-corrected chi connectivity index (χ2v) is 7.10. The Morgan fingerprint density at radius 1 is 1.00 bits per heavy atom. The van der Waals surface area contributed by atoms with Gasteiger partial charge in [-0.1, -0.05) is 32.6 Å². The quantitative estimate of drug-likeness (QED) is 0.765. The third kappa shape index (κ3) is 4.68. The van der Waals surface area contributed by atoms with E-state index < -0.39 is 0 Å². The first-order valence-electron chi connectivity index (χ1n) is 8.87. The highest BCUT2D eigenvalue weighted by Crippen LogP contribution is 2.37. The number of rotatable bonds is 6. The number of amides is 1. The molecule has 0 radical (unpaired) electrons. The maximum Gasteiger partial charge on any atom is 0.228 e. The summed E-state index contributed by atoms with van der Waals surface area (Å²) in [6.07, 6.45) is 9.54. The fraction of sp³-hybridized carbons (Fsp3) is 0.941. The van der Waals surface area contributed by atoms with Crippen LogP contribution in [0.25, 0.3) is 0 Å². The molecule has 2 rings (SSSR count). The second-order valence-electron chi connectivity index (χ2n) is 7.10. The standard InChI is InChI=1S/C17H33N3O/c1-17(8-4-2-5-9-17)16(21)20-14-12-19(13-15-20)11-7-3-6-10-18/h2-15,18H2,1H3. The third-order valence-corrected chi connectivity index (χ3v) is 5.31. The molecule has 1 saturated carbocycles. The van der Waals surface area contributed by atoms with Crippen LogP contribution in [0.15, 0.2) is 0 Å². The van der Waals surface area contributed by atoms with Crippen LogP contribution in [0.4, 0.5) is 0 Å². The van der Waals surface area contributed by atoms with Crippen molar-refractivity contribution in [2.24, 2.45) is 11.1 Å². The molecule has 2 aliphatic rings. The smallest absolute Gasteiger partial charge is 0.228 e. The Labute approximate surface area is 130 Å². The molecule has 0 spiro atoms. The van der Waals surface area contributed by atoms with Gasteiger partial charge in [-0.25, -0.2) is 0 Å². The third-order valence-electron chi connectivity index (χ3n) is 5.31. The van der Waals surface area contributed by atoms with Crippen LogP contribution in [0.1, 0.15) is 58.3 Å². The van der Waals surface area contributed by atoms with Crippen molar-refractivity contribution in [3.63, 3.8) is 0 Å². The molecule has 0 unspecified atom stereocenters. The molecule has 2 fully saturated rings. The summed E-state index contributed by atoms with van der Waals surface area (Å²) < 4.78 is 0. The Balaban J connectivity index is 1.71. The zero-order valence-corrected chi connectivity index (χ0v) is 13.8. The van der Waals surface area contributed by atoms with Crippen molar-refractivity contribution >= 4 is 5.91 Å². The fourth-order valence-electron chi connectivity index (χ4n) is 3.76. The zero-order chi connectivity index (χ0) is 15.1. The SMILES string of the molecule is CC1(C(=O)N2CCN(CCCCCN)CC2)CCCCC1. The Hall–Kier alpha value is -0.610. The first-order chi connectivity index (χ1) is 10.2. The first-order valence-corrected chi connectivity index (χ1v) is 8.87. The normalized spacial score (nSPS) is 23.2. The summed E-state index contributed by atoms with van der Waals surface area (Å²) in [4.78, 5) is 17.4. The van der Waals surface area contributed by atoms with Gasteiger partial charge in [-0.05, 0) is 38.8 Å². The van der Waals surface area contributed by atoms with Crippen molar-refractivity contribution in [3.05, 3.63) is 0 Å². The highest BCUT2D eigenvalue weighted by atomic mass is 16.2. The van der Waals surface area contributed by atoms with Crippen molar-refractivity contribution in [2.45, 2.75) is 58.3 Å². The lowest BCUT2D eigenvalue weighted by atomic mass is 9.74. The predicted octanol–water partition coefficient (Wildman–Crippen LogP) is 2.23. The highest BCUT2D eigenvalue weighted by Gasteiger charge is 2.38. The minimum Gasteiger partial charge on any atom is -0.340 e. The van der Waals surface area contributed by atoms with E-state index in [0.717, 1.165) is 52.0 Å². The molecule has 4 heteroatoms. The predicted molar refractivity (Wildman–Crippen MR) is 87.1 cm³/mol. The molecule has 0 atom stereocenters. The average Bonchev–Trinajstić information content (AvgIpc) is 2.52. The molecule has 0 aromatic heterocycles. The summed E-state index contributed by atoms with van der Waals surface area (Å²) in [5.74, 6) is 0.421. The van der Waals surface area contributed by atoms with Crippen LogP contribution in [-0.4, -0.2) is 55.0 Å². The van der Waals surface area contributed by atoms with Crippen LogP contribution < -0.4 is 5.73 Å². The lowest BCUT2D eigenvalue weighted by Gasteiger charge is -2.41. The summed E-state index contributed by atoms with van der Waals surface area (Å²) in [5.41, 5.74) is 5.46. The average molecular weight is 295 g/mol. The van der Waals surface area contributed by atoms with Crippen LogP contribution in [-0.2, 0) is 4.79 Å². The van der Waals surface area contributed by atoms with Crippen LogP contribution in [0.2, 0.25) is 0 Å². The number of nitrogens with two attached hydrogens (primary N) is 1. The molecule has 0 aromatic rings. The van der Waals surface area contributed by atoms with E-state index in [2.05, 4.69) is 16.7 Å². The van der Waals surface area contributed by atoms with Gasteiger partial charge in [0.2, 0.25) is 5.91 Å². The Morgan fingerprint density at radius 2 is 1.67 bits per heavy atom. The van der Waals surface area contributed by atoms with Crippen molar-refractivity contribution < 1.29 is 4.79 Å². The van der Waals surface area contributed by atoms with Gasteiger partial charge in [0.25, 0.3) is 0 Å². The molecular formula is C17H33N3O. The number of hydrogen-bond donors (Lipinski definition) is 1. The number of hydrogen-bond acceptors (Lipinski definition) is 3. The van der Waals surface area contributed by atoms with E-state index in [9.17, 15) is 4.79 Å². The van der Waals surface area contributed by atoms with Gasteiger partial charge in [0.05, 0.1) is 0 Å². The largest absolute Gasteiger partial charge is 0.340 e. The van der Waals surface area contributed by atoms with E-state index in [4.69, 9.17) is 5.73 Å². The molecule has 1 heterocycles. The molecule has 1 aliphatic carbocycles. The first kappa shape index (κ1) is 16.8. The molecule has 21 heavy (non-hydrogen) atoms. The van der Waals surface area contributed by atoms with Gasteiger partial charge >= 0.3 is 0 Å². The molecule has 1 amide bonds. The van der Waals surface area contributed by atoms with E-state index in [1.165, 1.54) is 38.6 Å².